The average Bonchev–Trinajstić information content (AvgIpc) is 2.59. The van der Waals surface area contributed by atoms with E-state index in [0.717, 1.165) is 30.2 Å². The van der Waals surface area contributed by atoms with Crippen molar-refractivity contribution < 1.29 is 9.18 Å². The zero-order valence-electron chi connectivity index (χ0n) is 13.1. The van der Waals surface area contributed by atoms with Gasteiger partial charge in [-0.3, -0.25) is 9.69 Å². The van der Waals surface area contributed by atoms with Crippen molar-refractivity contribution in [1.29, 1.82) is 0 Å². The van der Waals surface area contributed by atoms with E-state index in [2.05, 4.69) is 10.2 Å². The summed E-state index contributed by atoms with van der Waals surface area (Å²) in [5.74, 6) is -0.435. The van der Waals surface area contributed by atoms with Crippen molar-refractivity contribution in [3.63, 3.8) is 0 Å². The highest BCUT2D eigenvalue weighted by molar-refractivity contribution is 6.30. The number of amides is 1. The maximum Gasteiger partial charge on any atom is 0.251 e. The SMILES string of the molecule is O=C(Nc1ccc(F)cc1)C1=CCN(Cc2ccc(Cl)cc2)CC1. The third-order valence-electron chi connectivity index (χ3n) is 4.01. The fourth-order valence-corrected chi connectivity index (χ4v) is 2.78. The summed E-state index contributed by atoms with van der Waals surface area (Å²) in [7, 11) is 0. The Kier molecular flexibility index (Phi) is 5.28. The molecule has 0 unspecified atom stereocenters. The molecule has 0 spiro atoms. The third-order valence-corrected chi connectivity index (χ3v) is 4.26. The lowest BCUT2D eigenvalue weighted by Gasteiger charge is -2.26. The Morgan fingerprint density at radius 3 is 2.46 bits per heavy atom. The van der Waals surface area contributed by atoms with Crippen molar-refractivity contribution >= 4 is 23.2 Å². The summed E-state index contributed by atoms with van der Waals surface area (Å²) in [6.45, 7) is 2.39. The second-order valence-corrected chi connectivity index (χ2v) is 6.24. The Balaban J connectivity index is 1.55. The van der Waals surface area contributed by atoms with E-state index in [1.165, 1.54) is 17.7 Å². The molecule has 0 fully saturated rings. The van der Waals surface area contributed by atoms with Gasteiger partial charge in [0.05, 0.1) is 0 Å². The van der Waals surface area contributed by atoms with E-state index in [-0.39, 0.29) is 11.7 Å². The van der Waals surface area contributed by atoms with E-state index in [0.29, 0.717) is 12.1 Å². The van der Waals surface area contributed by atoms with Gasteiger partial charge < -0.3 is 5.32 Å². The minimum Gasteiger partial charge on any atom is -0.322 e. The van der Waals surface area contributed by atoms with Gasteiger partial charge >= 0.3 is 0 Å². The lowest BCUT2D eigenvalue weighted by Crippen LogP contribution is -2.31. The molecular formula is C19H18ClFN2O. The molecule has 2 aromatic carbocycles. The molecule has 0 aromatic heterocycles. The number of halogens is 2. The molecule has 0 saturated carbocycles. The van der Waals surface area contributed by atoms with Gasteiger partial charge in [0, 0.05) is 35.9 Å². The molecule has 1 aliphatic heterocycles. The van der Waals surface area contributed by atoms with Crippen molar-refractivity contribution in [3.05, 3.63) is 76.6 Å². The van der Waals surface area contributed by atoms with Gasteiger partial charge in [0.15, 0.2) is 0 Å². The molecule has 5 heteroatoms. The van der Waals surface area contributed by atoms with Crippen LogP contribution in [-0.4, -0.2) is 23.9 Å². The molecule has 3 rings (SSSR count). The molecule has 0 bridgehead atoms. The van der Waals surface area contributed by atoms with Crippen molar-refractivity contribution in [2.75, 3.05) is 18.4 Å². The molecule has 1 N–H and O–H groups in total. The number of carbonyl (C=O) groups excluding carboxylic acids is 1. The van der Waals surface area contributed by atoms with E-state index >= 15 is 0 Å². The van der Waals surface area contributed by atoms with Crippen molar-refractivity contribution in [2.24, 2.45) is 0 Å². The summed E-state index contributed by atoms with van der Waals surface area (Å²) in [6.07, 6.45) is 2.65. The zero-order valence-corrected chi connectivity index (χ0v) is 13.9. The maximum absolute atomic E-state index is 12.9. The van der Waals surface area contributed by atoms with Crippen LogP contribution in [0.2, 0.25) is 5.02 Å². The molecule has 1 heterocycles. The normalized spacial score (nSPS) is 15.0. The quantitative estimate of drug-likeness (QED) is 0.899. The largest absolute Gasteiger partial charge is 0.322 e. The Morgan fingerprint density at radius 1 is 1.12 bits per heavy atom. The van der Waals surface area contributed by atoms with E-state index in [1.54, 1.807) is 12.1 Å². The Labute approximate surface area is 145 Å². The van der Waals surface area contributed by atoms with Gasteiger partial charge in [-0.2, -0.15) is 0 Å². The first-order valence-corrected chi connectivity index (χ1v) is 8.21. The highest BCUT2D eigenvalue weighted by Crippen LogP contribution is 2.17. The number of rotatable bonds is 4. The number of benzene rings is 2. The summed E-state index contributed by atoms with van der Waals surface area (Å²) >= 11 is 5.90. The van der Waals surface area contributed by atoms with Crippen LogP contribution in [0.1, 0.15) is 12.0 Å². The van der Waals surface area contributed by atoms with Crippen LogP contribution >= 0.6 is 11.6 Å². The van der Waals surface area contributed by atoms with Gasteiger partial charge in [-0.15, -0.1) is 0 Å². The van der Waals surface area contributed by atoms with Gasteiger partial charge in [-0.05, 0) is 48.4 Å². The van der Waals surface area contributed by atoms with Crippen LogP contribution in [0.5, 0.6) is 0 Å². The summed E-state index contributed by atoms with van der Waals surface area (Å²) in [4.78, 5) is 14.5. The number of carbonyl (C=O) groups is 1. The van der Waals surface area contributed by atoms with Crippen molar-refractivity contribution in [1.82, 2.24) is 4.90 Å². The lowest BCUT2D eigenvalue weighted by atomic mass is 10.1. The molecule has 0 radical (unpaired) electrons. The van der Waals surface area contributed by atoms with Crippen LogP contribution in [0.4, 0.5) is 10.1 Å². The van der Waals surface area contributed by atoms with Crippen LogP contribution < -0.4 is 5.32 Å². The number of hydrogen-bond donors (Lipinski definition) is 1. The van der Waals surface area contributed by atoms with Crippen LogP contribution in [-0.2, 0) is 11.3 Å². The highest BCUT2D eigenvalue weighted by atomic mass is 35.5. The summed E-state index contributed by atoms with van der Waals surface area (Å²) in [5.41, 5.74) is 2.57. The van der Waals surface area contributed by atoms with E-state index in [9.17, 15) is 9.18 Å². The minimum atomic E-state index is -0.317. The molecule has 3 nitrogen and oxygen atoms in total. The molecule has 124 valence electrons. The fourth-order valence-electron chi connectivity index (χ4n) is 2.65. The second kappa shape index (κ2) is 7.60. The smallest absolute Gasteiger partial charge is 0.251 e. The van der Waals surface area contributed by atoms with E-state index in [1.807, 2.05) is 30.3 Å². The molecule has 1 amide bonds. The van der Waals surface area contributed by atoms with Crippen molar-refractivity contribution in [2.45, 2.75) is 13.0 Å². The number of nitrogens with zero attached hydrogens (tertiary/aromatic N) is 1. The van der Waals surface area contributed by atoms with Crippen LogP contribution in [0.25, 0.3) is 0 Å². The Morgan fingerprint density at radius 2 is 1.83 bits per heavy atom. The monoisotopic (exact) mass is 344 g/mol. The Hall–Kier alpha value is -2.17. The van der Waals surface area contributed by atoms with E-state index < -0.39 is 0 Å². The standard InChI is InChI=1S/C19H18ClFN2O/c20-16-3-1-14(2-4-16)13-23-11-9-15(10-12-23)19(24)22-18-7-5-17(21)6-8-18/h1-9H,10-13H2,(H,22,24). The Bertz CT molecular complexity index is 741. The van der Waals surface area contributed by atoms with Gasteiger partial charge in [0.25, 0.3) is 5.91 Å². The first-order chi connectivity index (χ1) is 11.6. The van der Waals surface area contributed by atoms with Gasteiger partial charge in [0.1, 0.15) is 5.82 Å². The first-order valence-electron chi connectivity index (χ1n) is 7.83. The van der Waals surface area contributed by atoms with Gasteiger partial charge in [-0.25, -0.2) is 4.39 Å². The first kappa shape index (κ1) is 16.7. The summed E-state index contributed by atoms with van der Waals surface area (Å²) in [6, 6.07) is 13.6. The predicted molar refractivity (Wildman–Crippen MR) is 94.5 cm³/mol. The molecule has 0 saturated heterocycles. The minimum absolute atomic E-state index is 0.118. The summed E-state index contributed by atoms with van der Waals surface area (Å²) in [5, 5.41) is 3.54. The lowest BCUT2D eigenvalue weighted by molar-refractivity contribution is -0.113. The molecule has 24 heavy (non-hydrogen) atoms. The maximum atomic E-state index is 12.9. The predicted octanol–water partition coefficient (Wildman–Crippen LogP) is 4.25. The molecule has 1 aliphatic rings. The number of anilines is 1. The van der Waals surface area contributed by atoms with E-state index in [4.69, 9.17) is 11.6 Å². The molecule has 0 aliphatic carbocycles. The summed E-state index contributed by atoms with van der Waals surface area (Å²) < 4.78 is 12.9. The average molecular weight is 345 g/mol. The van der Waals surface area contributed by atoms with Gasteiger partial charge in [-0.1, -0.05) is 29.8 Å². The van der Waals surface area contributed by atoms with Crippen LogP contribution in [0, 0.1) is 5.82 Å². The molecule has 0 atom stereocenters. The van der Waals surface area contributed by atoms with Crippen LogP contribution in [0.3, 0.4) is 0 Å². The topological polar surface area (TPSA) is 32.3 Å². The van der Waals surface area contributed by atoms with Gasteiger partial charge in [0.2, 0.25) is 0 Å². The van der Waals surface area contributed by atoms with Crippen LogP contribution in [0.15, 0.2) is 60.2 Å². The fraction of sp³-hybridized carbons (Fsp3) is 0.211. The zero-order chi connectivity index (χ0) is 16.9. The third kappa shape index (κ3) is 4.43. The number of hydrogen-bond acceptors (Lipinski definition) is 2. The van der Waals surface area contributed by atoms with Crippen molar-refractivity contribution in [3.8, 4) is 0 Å². The number of nitrogens with one attached hydrogen (secondary N) is 1. The second-order valence-electron chi connectivity index (χ2n) is 5.80. The molecule has 2 aromatic rings. The molecular weight excluding hydrogens is 327 g/mol. The highest BCUT2D eigenvalue weighted by Gasteiger charge is 2.17.